The fourth-order valence-electron chi connectivity index (χ4n) is 3.40. The van der Waals surface area contributed by atoms with Crippen LogP contribution in [-0.2, 0) is 0 Å². The van der Waals surface area contributed by atoms with Crippen LogP contribution in [0.15, 0.2) is 73.1 Å². The molecule has 2 aromatic heterocycles. The van der Waals surface area contributed by atoms with Gasteiger partial charge in [-0.15, -0.1) is 0 Å². The molecule has 0 bridgehead atoms. The maximum Gasteiger partial charge on any atom is 0.198 e. The third-order valence-electron chi connectivity index (χ3n) is 4.78. The van der Waals surface area contributed by atoms with Gasteiger partial charge in [0.05, 0.1) is 12.8 Å². The van der Waals surface area contributed by atoms with E-state index in [9.17, 15) is 5.11 Å². The highest BCUT2D eigenvalue weighted by molar-refractivity contribution is 6.36. The minimum Gasteiger partial charge on any atom is -0.482 e. The third kappa shape index (κ3) is 3.92. The van der Waals surface area contributed by atoms with E-state index in [4.69, 9.17) is 39.5 Å². The van der Waals surface area contributed by atoms with Gasteiger partial charge in [0.2, 0.25) is 0 Å². The van der Waals surface area contributed by atoms with E-state index < -0.39 is 6.10 Å². The van der Waals surface area contributed by atoms with Crippen molar-refractivity contribution >= 4 is 34.8 Å². The fourth-order valence-corrected chi connectivity index (χ4v) is 4.03. The number of aliphatic hydroxyl groups excluding tert-OH is 1. The summed E-state index contributed by atoms with van der Waals surface area (Å²) in [5.74, 6) is 0.538. The van der Waals surface area contributed by atoms with E-state index in [0.717, 1.165) is 16.8 Å². The molecule has 0 aliphatic heterocycles. The van der Waals surface area contributed by atoms with Gasteiger partial charge in [-0.05, 0) is 42.5 Å². The molecule has 0 saturated heterocycles. The number of benzene rings is 2. The molecule has 4 aromatic rings. The summed E-state index contributed by atoms with van der Waals surface area (Å²) in [6.07, 6.45) is 2.30. The molecule has 7 heteroatoms. The monoisotopic (exact) mass is 458 g/mol. The Hall–Kier alpha value is -2.50. The van der Waals surface area contributed by atoms with Crippen molar-refractivity contribution in [2.24, 2.45) is 0 Å². The van der Waals surface area contributed by atoms with Crippen LogP contribution >= 0.6 is 34.8 Å². The Balaban J connectivity index is 2.02. The second-order valence-electron chi connectivity index (χ2n) is 6.61. The zero-order chi connectivity index (χ0) is 21.3. The number of methoxy groups -OCH3 is 1. The highest BCUT2D eigenvalue weighted by atomic mass is 35.5. The first-order chi connectivity index (χ1) is 14.5. The van der Waals surface area contributed by atoms with Gasteiger partial charge in [0.1, 0.15) is 6.10 Å². The number of halogens is 3. The quantitative estimate of drug-likeness (QED) is 0.366. The number of rotatable bonds is 5. The van der Waals surface area contributed by atoms with Gasteiger partial charge in [0.15, 0.2) is 5.88 Å². The van der Waals surface area contributed by atoms with Crippen LogP contribution in [0.5, 0.6) is 5.88 Å². The molecule has 4 rings (SSSR count). The molecule has 4 nitrogen and oxygen atoms in total. The third-order valence-corrected chi connectivity index (χ3v) is 5.58. The summed E-state index contributed by atoms with van der Waals surface area (Å²) in [5, 5.41) is 13.0. The van der Waals surface area contributed by atoms with E-state index in [2.05, 4.69) is 4.98 Å². The summed E-state index contributed by atoms with van der Waals surface area (Å²) in [7, 11) is 1.58. The lowest BCUT2D eigenvalue weighted by Crippen LogP contribution is -2.10. The highest BCUT2D eigenvalue weighted by Crippen LogP contribution is 2.42. The van der Waals surface area contributed by atoms with Crippen LogP contribution in [0.4, 0.5) is 0 Å². The van der Waals surface area contributed by atoms with E-state index in [0.29, 0.717) is 32.2 Å². The Morgan fingerprint density at radius 1 is 0.933 bits per heavy atom. The van der Waals surface area contributed by atoms with Crippen molar-refractivity contribution in [2.45, 2.75) is 6.10 Å². The molecular formula is C23H17Cl3N2O2. The average Bonchev–Trinajstić information content (AvgIpc) is 3.13. The van der Waals surface area contributed by atoms with Crippen LogP contribution in [0, 0.1) is 0 Å². The van der Waals surface area contributed by atoms with E-state index in [-0.39, 0.29) is 0 Å². The lowest BCUT2D eigenvalue weighted by molar-refractivity contribution is 0.212. The van der Waals surface area contributed by atoms with Crippen LogP contribution < -0.4 is 4.74 Å². The summed E-state index contributed by atoms with van der Waals surface area (Å²) < 4.78 is 7.50. The lowest BCUT2D eigenvalue weighted by atomic mass is 9.99. The topological polar surface area (TPSA) is 47.3 Å². The summed E-state index contributed by atoms with van der Waals surface area (Å²) in [6, 6.07) is 18.0. The molecule has 1 N–H and O–H groups in total. The second kappa shape index (κ2) is 8.70. The molecule has 0 fully saturated rings. The molecular weight excluding hydrogens is 443 g/mol. The number of ether oxygens (including phenoxy) is 1. The number of nitrogens with zero attached hydrogens (tertiary/aromatic N) is 2. The van der Waals surface area contributed by atoms with E-state index in [1.807, 2.05) is 34.9 Å². The number of pyridine rings is 1. The molecule has 0 amide bonds. The van der Waals surface area contributed by atoms with Gasteiger partial charge in [0, 0.05) is 55.9 Å². The zero-order valence-corrected chi connectivity index (χ0v) is 18.2. The van der Waals surface area contributed by atoms with Gasteiger partial charge < -0.3 is 9.84 Å². The van der Waals surface area contributed by atoms with Crippen molar-refractivity contribution in [2.75, 3.05) is 7.11 Å². The Morgan fingerprint density at radius 2 is 1.67 bits per heavy atom. The SMILES string of the molecule is COc1cc(-c2ccc(Cl)cc2Cl)c(C(O)c2cccnc2)n1-c1ccc(Cl)cc1. The first-order valence-corrected chi connectivity index (χ1v) is 10.2. The van der Waals surface area contributed by atoms with Crippen molar-refractivity contribution in [3.05, 3.63) is 99.4 Å². The number of hydrogen-bond donors (Lipinski definition) is 1. The second-order valence-corrected chi connectivity index (χ2v) is 7.89. The summed E-state index contributed by atoms with van der Waals surface area (Å²) in [4.78, 5) is 4.14. The largest absolute Gasteiger partial charge is 0.482 e. The van der Waals surface area contributed by atoms with Gasteiger partial charge in [0.25, 0.3) is 0 Å². The molecule has 0 spiro atoms. The fraction of sp³-hybridized carbons (Fsp3) is 0.0870. The standard InChI is InChI=1S/C23H17Cl3N2O2/c1-30-21-12-19(18-9-6-16(25)11-20(18)26)22(23(29)14-3-2-10-27-13-14)28(21)17-7-4-15(24)5-8-17/h2-13,23,29H,1H3. The molecule has 0 radical (unpaired) electrons. The zero-order valence-electron chi connectivity index (χ0n) is 15.9. The van der Waals surface area contributed by atoms with Gasteiger partial charge in [-0.25, -0.2) is 0 Å². The highest BCUT2D eigenvalue weighted by Gasteiger charge is 2.26. The molecule has 0 aliphatic carbocycles. The first kappa shape index (κ1) is 20.8. The van der Waals surface area contributed by atoms with Crippen LogP contribution in [0.3, 0.4) is 0 Å². The minimum atomic E-state index is -0.986. The van der Waals surface area contributed by atoms with Crippen molar-refractivity contribution in [3.63, 3.8) is 0 Å². The average molecular weight is 460 g/mol. The normalized spacial score (nSPS) is 12.0. The summed E-state index contributed by atoms with van der Waals surface area (Å²) in [6.45, 7) is 0. The molecule has 2 heterocycles. The van der Waals surface area contributed by atoms with Crippen molar-refractivity contribution in [1.82, 2.24) is 9.55 Å². The van der Waals surface area contributed by atoms with Crippen LogP contribution in [0.25, 0.3) is 16.8 Å². The molecule has 2 aromatic carbocycles. The molecule has 0 aliphatic rings. The van der Waals surface area contributed by atoms with Gasteiger partial charge in [-0.2, -0.15) is 0 Å². The summed E-state index contributed by atoms with van der Waals surface area (Å²) >= 11 is 18.7. The lowest BCUT2D eigenvalue weighted by Gasteiger charge is -2.19. The number of aliphatic hydroxyl groups is 1. The Bertz CT molecular complexity index is 1180. The van der Waals surface area contributed by atoms with E-state index in [1.54, 1.807) is 49.8 Å². The van der Waals surface area contributed by atoms with Crippen LogP contribution in [0.1, 0.15) is 17.4 Å². The van der Waals surface area contributed by atoms with E-state index >= 15 is 0 Å². The van der Waals surface area contributed by atoms with Crippen LogP contribution in [0.2, 0.25) is 15.1 Å². The molecule has 1 unspecified atom stereocenters. The van der Waals surface area contributed by atoms with Crippen molar-refractivity contribution < 1.29 is 9.84 Å². The number of hydrogen-bond acceptors (Lipinski definition) is 3. The predicted molar refractivity (Wildman–Crippen MR) is 121 cm³/mol. The maximum absolute atomic E-state index is 11.4. The van der Waals surface area contributed by atoms with Gasteiger partial charge in [-0.3, -0.25) is 9.55 Å². The molecule has 152 valence electrons. The van der Waals surface area contributed by atoms with Gasteiger partial charge in [-0.1, -0.05) is 46.9 Å². The van der Waals surface area contributed by atoms with Crippen LogP contribution in [-0.4, -0.2) is 21.8 Å². The smallest absolute Gasteiger partial charge is 0.198 e. The Kier molecular flexibility index (Phi) is 6.02. The molecule has 30 heavy (non-hydrogen) atoms. The minimum absolute atomic E-state index is 0.470. The first-order valence-electron chi connectivity index (χ1n) is 9.08. The molecule has 0 saturated carbocycles. The maximum atomic E-state index is 11.4. The Morgan fingerprint density at radius 3 is 2.30 bits per heavy atom. The molecule has 1 atom stereocenters. The van der Waals surface area contributed by atoms with Crippen molar-refractivity contribution in [1.29, 1.82) is 0 Å². The number of aromatic nitrogens is 2. The van der Waals surface area contributed by atoms with Gasteiger partial charge >= 0.3 is 0 Å². The Labute approximate surface area is 189 Å². The predicted octanol–water partition coefficient (Wildman–Crippen LogP) is 6.59. The summed E-state index contributed by atoms with van der Waals surface area (Å²) in [5.41, 5.74) is 3.46. The van der Waals surface area contributed by atoms with Crippen molar-refractivity contribution in [3.8, 4) is 22.7 Å². The van der Waals surface area contributed by atoms with E-state index in [1.165, 1.54) is 0 Å².